The predicted molar refractivity (Wildman–Crippen MR) is 56.0 cm³/mol. The molecule has 0 aliphatic rings. The lowest BCUT2D eigenvalue weighted by Gasteiger charge is -1.95. The summed E-state index contributed by atoms with van der Waals surface area (Å²) in [7, 11) is 0. The summed E-state index contributed by atoms with van der Waals surface area (Å²) in [6.07, 6.45) is 0. The molecule has 0 atom stereocenters. The fourth-order valence-electron chi connectivity index (χ4n) is 1.26. The van der Waals surface area contributed by atoms with Crippen molar-refractivity contribution < 1.29 is 4.39 Å². The molecule has 2 nitrogen and oxygen atoms in total. The van der Waals surface area contributed by atoms with Crippen LogP contribution in [0.1, 0.15) is 5.69 Å². The van der Waals surface area contributed by atoms with Crippen LogP contribution in [-0.4, -0.2) is 2.78 Å². The molecular weight excluding hydrogens is 282 g/mol. The van der Waals surface area contributed by atoms with Gasteiger partial charge in [0.25, 0.3) is 0 Å². The highest BCUT2D eigenvalue weighted by Gasteiger charge is 2.09. The van der Waals surface area contributed by atoms with E-state index in [0.717, 1.165) is 5.39 Å². The third-order valence-corrected chi connectivity index (χ3v) is 2.83. The number of nitriles is 1. The Morgan fingerprint density at radius 1 is 1.46 bits per heavy atom. The molecule has 64 valence electrons. The molecule has 0 saturated carbocycles. The summed E-state index contributed by atoms with van der Waals surface area (Å²) in [4.78, 5) is 0. The van der Waals surface area contributed by atoms with Crippen LogP contribution in [0.15, 0.2) is 24.3 Å². The highest BCUT2D eigenvalue weighted by atomic mass is 127. The van der Waals surface area contributed by atoms with Crippen molar-refractivity contribution in [3.05, 3.63) is 35.8 Å². The maximum absolute atomic E-state index is 13.3. The van der Waals surface area contributed by atoms with Gasteiger partial charge >= 0.3 is 0 Å². The molecule has 0 N–H and O–H groups in total. The second kappa shape index (κ2) is 3.00. The zero-order valence-corrected chi connectivity index (χ0v) is 8.62. The van der Waals surface area contributed by atoms with Crippen molar-refractivity contribution in [1.82, 2.24) is 2.78 Å². The molecule has 0 bridgehead atoms. The van der Waals surface area contributed by atoms with Crippen LogP contribution in [0, 0.1) is 17.1 Å². The average Bonchev–Trinajstić information content (AvgIpc) is 2.44. The van der Waals surface area contributed by atoms with E-state index in [4.69, 9.17) is 5.26 Å². The summed E-state index contributed by atoms with van der Waals surface area (Å²) < 4.78 is 14.8. The molecule has 4 heteroatoms. The lowest BCUT2D eigenvalue weighted by atomic mass is 10.2. The van der Waals surface area contributed by atoms with Gasteiger partial charge in [-0.25, -0.2) is 4.39 Å². The molecule has 1 aromatic carbocycles. The van der Waals surface area contributed by atoms with Crippen LogP contribution < -0.4 is 0 Å². The zero-order valence-electron chi connectivity index (χ0n) is 6.46. The van der Waals surface area contributed by atoms with Crippen LogP contribution in [0.2, 0.25) is 0 Å². The van der Waals surface area contributed by atoms with Crippen molar-refractivity contribution in [1.29, 1.82) is 5.26 Å². The SMILES string of the molecule is N#Cc1cc2cccc(F)c2n1I. The molecule has 1 aromatic heterocycles. The van der Waals surface area contributed by atoms with Gasteiger partial charge < -0.3 is 0 Å². The number of halogens is 2. The molecule has 1 heterocycles. The predicted octanol–water partition coefficient (Wildman–Crippen LogP) is 2.85. The van der Waals surface area contributed by atoms with Gasteiger partial charge in [0.15, 0.2) is 0 Å². The second-order valence-electron chi connectivity index (χ2n) is 2.60. The number of nitrogens with zero attached hydrogens (tertiary/aromatic N) is 2. The van der Waals surface area contributed by atoms with Crippen molar-refractivity contribution in [3.63, 3.8) is 0 Å². The van der Waals surface area contributed by atoms with Crippen molar-refractivity contribution in [2.75, 3.05) is 0 Å². The fourth-order valence-corrected chi connectivity index (χ4v) is 2.01. The smallest absolute Gasteiger partial charge is 0.148 e. The Bertz CT molecular complexity index is 510. The summed E-state index contributed by atoms with van der Waals surface area (Å²) in [5.74, 6) is -0.298. The first-order valence-corrected chi connectivity index (χ1v) is 4.57. The molecule has 2 aromatic rings. The summed E-state index contributed by atoms with van der Waals surface area (Å²) in [5, 5.41) is 9.47. The molecule has 0 radical (unpaired) electrons. The fraction of sp³-hybridized carbons (Fsp3) is 0. The number of rotatable bonds is 0. The van der Waals surface area contributed by atoms with E-state index in [2.05, 4.69) is 0 Å². The van der Waals surface area contributed by atoms with Crippen LogP contribution in [-0.2, 0) is 0 Å². The van der Waals surface area contributed by atoms with Crippen molar-refractivity contribution in [3.8, 4) is 6.07 Å². The lowest BCUT2D eigenvalue weighted by Crippen LogP contribution is -1.85. The van der Waals surface area contributed by atoms with Crippen molar-refractivity contribution in [2.45, 2.75) is 0 Å². The summed E-state index contributed by atoms with van der Waals surface area (Å²) >= 11 is 1.91. The molecular formula is C9H4FIN2. The molecule has 13 heavy (non-hydrogen) atoms. The Labute approximate surface area is 88.1 Å². The van der Waals surface area contributed by atoms with Gasteiger partial charge in [-0.05, 0) is 12.1 Å². The van der Waals surface area contributed by atoms with Crippen molar-refractivity contribution in [2.24, 2.45) is 0 Å². The Balaban J connectivity index is 2.95. The van der Waals surface area contributed by atoms with Crippen LogP contribution >= 0.6 is 22.9 Å². The first-order chi connectivity index (χ1) is 6.24. The highest BCUT2D eigenvalue weighted by molar-refractivity contribution is 14.1. The number of fused-ring (bicyclic) bond motifs is 1. The number of hydrogen-bond donors (Lipinski definition) is 0. The first kappa shape index (κ1) is 8.51. The number of hydrogen-bond acceptors (Lipinski definition) is 1. The molecule has 0 fully saturated rings. The molecule has 0 aliphatic carbocycles. The van der Waals surface area contributed by atoms with Crippen molar-refractivity contribution >= 4 is 33.8 Å². The maximum atomic E-state index is 13.3. The average molecular weight is 286 g/mol. The molecule has 0 amide bonds. The topological polar surface area (TPSA) is 28.7 Å². The molecule has 0 saturated heterocycles. The Morgan fingerprint density at radius 3 is 2.85 bits per heavy atom. The molecule has 0 spiro atoms. The zero-order chi connectivity index (χ0) is 9.42. The van der Waals surface area contributed by atoms with Gasteiger partial charge in [-0.2, -0.15) is 5.26 Å². The van der Waals surface area contributed by atoms with E-state index in [-0.39, 0.29) is 5.82 Å². The van der Waals surface area contributed by atoms with Gasteiger partial charge in [0.2, 0.25) is 0 Å². The number of aromatic nitrogens is 1. The van der Waals surface area contributed by atoms with Crippen LogP contribution in [0.3, 0.4) is 0 Å². The van der Waals surface area contributed by atoms with E-state index >= 15 is 0 Å². The Hall–Kier alpha value is -1.09. The number of benzene rings is 1. The minimum absolute atomic E-state index is 0.298. The standard InChI is InChI=1S/C9H4FIN2/c10-8-3-1-2-6-4-7(5-12)13(11)9(6)8/h1-4H. The summed E-state index contributed by atoms with van der Waals surface area (Å²) in [6, 6.07) is 8.48. The number of para-hydroxylation sites is 1. The van der Waals surface area contributed by atoms with Gasteiger partial charge in [-0.15, -0.1) is 0 Å². The maximum Gasteiger partial charge on any atom is 0.148 e. The van der Waals surface area contributed by atoms with Gasteiger partial charge in [0, 0.05) is 5.39 Å². The largest absolute Gasteiger partial charge is 0.270 e. The van der Waals surface area contributed by atoms with E-state index in [0.29, 0.717) is 11.2 Å². The van der Waals surface area contributed by atoms with Crippen LogP contribution in [0.4, 0.5) is 4.39 Å². The first-order valence-electron chi connectivity index (χ1n) is 3.60. The third-order valence-electron chi connectivity index (χ3n) is 1.83. The van der Waals surface area contributed by atoms with Crippen LogP contribution in [0.25, 0.3) is 10.9 Å². The van der Waals surface area contributed by atoms with Gasteiger partial charge in [-0.3, -0.25) is 2.78 Å². The lowest BCUT2D eigenvalue weighted by molar-refractivity contribution is 0.637. The normalized spacial score (nSPS) is 10.2. The highest BCUT2D eigenvalue weighted by Crippen LogP contribution is 2.24. The third kappa shape index (κ3) is 1.20. The van der Waals surface area contributed by atoms with Crippen LogP contribution in [0.5, 0.6) is 0 Å². The quantitative estimate of drug-likeness (QED) is 0.684. The summed E-state index contributed by atoms with van der Waals surface area (Å²) in [5.41, 5.74) is 0.931. The van der Waals surface area contributed by atoms with Gasteiger partial charge in [-0.1, -0.05) is 12.1 Å². The Kier molecular flexibility index (Phi) is 1.96. The monoisotopic (exact) mass is 286 g/mol. The molecule has 0 aliphatic heterocycles. The van der Waals surface area contributed by atoms with E-state index in [1.54, 1.807) is 18.2 Å². The minimum Gasteiger partial charge on any atom is -0.270 e. The molecule has 2 rings (SSSR count). The second-order valence-corrected chi connectivity index (χ2v) is 3.56. The minimum atomic E-state index is -0.298. The molecule has 0 unspecified atom stereocenters. The van der Waals surface area contributed by atoms with E-state index in [1.807, 2.05) is 28.9 Å². The van der Waals surface area contributed by atoms with Gasteiger partial charge in [0.1, 0.15) is 17.6 Å². The summed E-state index contributed by atoms with van der Waals surface area (Å²) in [6.45, 7) is 0. The Morgan fingerprint density at radius 2 is 2.23 bits per heavy atom. The van der Waals surface area contributed by atoms with E-state index in [1.165, 1.54) is 8.85 Å². The van der Waals surface area contributed by atoms with E-state index in [9.17, 15) is 4.39 Å². The van der Waals surface area contributed by atoms with Gasteiger partial charge in [0.05, 0.1) is 28.4 Å². The van der Waals surface area contributed by atoms with E-state index < -0.39 is 0 Å².